The highest BCUT2D eigenvalue weighted by Gasteiger charge is 2.15. The van der Waals surface area contributed by atoms with Crippen molar-refractivity contribution < 1.29 is 24.5 Å². The predicted octanol–water partition coefficient (Wildman–Crippen LogP) is 3.64. The molecule has 0 aromatic heterocycles. The first-order valence-electron chi connectivity index (χ1n) is 8.86. The molecule has 0 radical (unpaired) electrons. The summed E-state index contributed by atoms with van der Waals surface area (Å²) in [4.78, 5) is 20.4. The highest BCUT2D eigenvalue weighted by Crippen LogP contribution is 2.28. The Hall–Kier alpha value is -3.12. The Labute approximate surface area is 165 Å². The number of benzene rings is 2. The second-order valence-corrected chi connectivity index (χ2v) is 6.32. The lowest BCUT2D eigenvalue weighted by Gasteiger charge is -2.23. The lowest BCUT2D eigenvalue weighted by molar-refractivity contribution is -0.159. The average Bonchev–Trinajstić information content (AvgIpc) is 2.67. The minimum atomic E-state index is -1.82. The molecule has 0 spiro atoms. The minimum absolute atomic E-state index is 0.0644. The lowest BCUT2D eigenvalue weighted by atomic mass is 10.1. The molecule has 2 N–H and O–H groups in total. The zero-order chi connectivity index (χ0) is 20.9. The third-order valence-electron chi connectivity index (χ3n) is 3.80. The molecule has 0 aliphatic carbocycles. The van der Waals surface area contributed by atoms with Crippen LogP contribution in [0.15, 0.2) is 67.3 Å². The molecule has 0 saturated heterocycles. The molecule has 1 atom stereocenters. The molecule has 6 nitrogen and oxygen atoms in total. The molecule has 1 unspecified atom stereocenters. The first-order chi connectivity index (χ1) is 13.3. The van der Waals surface area contributed by atoms with Crippen molar-refractivity contribution in [3.63, 3.8) is 0 Å². The summed E-state index contributed by atoms with van der Waals surface area (Å²) >= 11 is 0. The van der Waals surface area contributed by atoms with Crippen LogP contribution in [0.4, 0.5) is 0 Å². The Balaban J connectivity index is 0.000000568. The number of nitrogens with zero attached hydrogens (tertiary/aromatic N) is 1. The molecule has 0 aliphatic rings. The monoisotopic (exact) mass is 385 g/mol. The molecule has 6 heteroatoms. The van der Waals surface area contributed by atoms with Crippen LogP contribution in [0.3, 0.4) is 0 Å². The molecule has 28 heavy (non-hydrogen) atoms. The molecule has 0 fully saturated rings. The van der Waals surface area contributed by atoms with Gasteiger partial charge >= 0.3 is 11.9 Å². The van der Waals surface area contributed by atoms with Crippen molar-refractivity contribution in [2.24, 2.45) is 0 Å². The molecule has 0 aliphatic heterocycles. The number of ether oxygens (including phenoxy) is 1. The number of carboxylic acid groups (broad SMARTS) is 2. The van der Waals surface area contributed by atoms with Crippen LogP contribution in [0.5, 0.6) is 5.75 Å². The quantitative estimate of drug-likeness (QED) is 0.533. The van der Waals surface area contributed by atoms with Gasteiger partial charge in [0.1, 0.15) is 11.9 Å². The minimum Gasteiger partial charge on any atom is -0.485 e. The van der Waals surface area contributed by atoms with E-state index in [1.165, 1.54) is 11.1 Å². The van der Waals surface area contributed by atoms with Crippen LogP contribution in [0.25, 0.3) is 0 Å². The Morgan fingerprint density at radius 3 is 2.14 bits per heavy atom. The lowest BCUT2D eigenvalue weighted by Crippen LogP contribution is -2.19. The van der Waals surface area contributed by atoms with Gasteiger partial charge in [-0.1, -0.05) is 54.6 Å². The van der Waals surface area contributed by atoms with Gasteiger partial charge in [-0.3, -0.25) is 0 Å². The molecular formula is C22H27NO5. The molecule has 0 bridgehead atoms. The van der Waals surface area contributed by atoms with E-state index in [9.17, 15) is 0 Å². The second-order valence-electron chi connectivity index (χ2n) is 6.32. The summed E-state index contributed by atoms with van der Waals surface area (Å²) in [6, 6.07) is 18.7. The maximum Gasteiger partial charge on any atom is 0.414 e. The molecule has 2 aromatic carbocycles. The topological polar surface area (TPSA) is 87.1 Å². The number of carbonyl (C=O) groups is 2. The van der Waals surface area contributed by atoms with E-state index < -0.39 is 11.9 Å². The highest BCUT2D eigenvalue weighted by atomic mass is 16.5. The summed E-state index contributed by atoms with van der Waals surface area (Å²) in [5, 5.41) is 14.8. The van der Waals surface area contributed by atoms with Gasteiger partial charge in [-0.15, -0.1) is 6.58 Å². The number of hydrogen-bond donors (Lipinski definition) is 2. The van der Waals surface area contributed by atoms with Crippen LogP contribution in [0.1, 0.15) is 23.7 Å². The van der Waals surface area contributed by atoms with Gasteiger partial charge in [0.2, 0.25) is 0 Å². The third-order valence-corrected chi connectivity index (χ3v) is 3.80. The summed E-state index contributed by atoms with van der Waals surface area (Å²) in [5.74, 6) is -2.69. The van der Waals surface area contributed by atoms with E-state index in [-0.39, 0.29) is 6.10 Å². The zero-order valence-corrected chi connectivity index (χ0v) is 16.2. The Bertz CT molecular complexity index is 747. The number of para-hydroxylation sites is 1. The molecule has 0 amide bonds. The van der Waals surface area contributed by atoms with E-state index in [1.54, 1.807) is 0 Å². The van der Waals surface area contributed by atoms with Crippen LogP contribution < -0.4 is 4.74 Å². The number of carboxylic acids is 2. The number of aliphatic carboxylic acids is 2. The van der Waals surface area contributed by atoms with Gasteiger partial charge in [-0.25, -0.2) is 9.59 Å². The molecular weight excluding hydrogens is 358 g/mol. The fourth-order valence-corrected chi connectivity index (χ4v) is 2.43. The summed E-state index contributed by atoms with van der Waals surface area (Å²) < 4.78 is 6.36. The standard InChI is InChI=1S/C20H25NO.C2H2O4/c1-4-10-17-13-8-9-14-19(17)22-20(15-16-21(2)3)18-11-6-5-7-12-18;3-1(4)2(5)6/h4-9,11-14,20H,1,10,15-16H2,2-3H3;(H,3,4)(H,5,6). The Morgan fingerprint density at radius 1 is 1.04 bits per heavy atom. The first-order valence-corrected chi connectivity index (χ1v) is 8.86. The first kappa shape index (κ1) is 22.9. The van der Waals surface area contributed by atoms with Crippen molar-refractivity contribution >= 4 is 11.9 Å². The Morgan fingerprint density at radius 2 is 1.61 bits per heavy atom. The second kappa shape index (κ2) is 12.3. The average molecular weight is 385 g/mol. The van der Waals surface area contributed by atoms with Crippen molar-refractivity contribution in [1.82, 2.24) is 4.90 Å². The summed E-state index contributed by atoms with van der Waals surface area (Å²) in [7, 11) is 4.18. The van der Waals surface area contributed by atoms with E-state index in [1.807, 2.05) is 30.3 Å². The van der Waals surface area contributed by atoms with Crippen molar-refractivity contribution in [2.45, 2.75) is 18.9 Å². The number of hydrogen-bond acceptors (Lipinski definition) is 4. The molecule has 150 valence electrons. The van der Waals surface area contributed by atoms with Crippen LogP contribution in [0, 0.1) is 0 Å². The number of rotatable bonds is 8. The van der Waals surface area contributed by atoms with E-state index >= 15 is 0 Å². The highest BCUT2D eigenvalue weighted by molar-refractivity contribution is 6.27. The van der Waals surface area contributed by atoms with Gasteiger partial charge in [0.25, 0.3) is 0 Å². The van der Waals surface area contributed by atoms with Gasteiger partial charge in [-0.2, -0.15) is 0 Å². The summed E-state index contributed by atoms with van der Waals surface area (Å²) in [6.45, 7) is 4.82. The SMILES string of the molecule is C=CCc1ccccc1OC(CCN(C)C)c1ccccc1.O=C(O)C(=O)O. The van der Waals surface area contributed by atoms with E-state index in [2.05, 4.69) is 55.9 Å². The third kappa shape index (κ3) is 8.51. The van der Waals surface area contributed by atoms with Gasteiger partial charge in [0.05, 0.1) is 0 Å². The maximum atomic E-state index is 9.10. The van der Waals surface area contributed by atoms with Crippen molar-refractivity contribution in [1.29, 1.82) is 0 Å². The van der Waals surface area contributed by atoms with Gasteiger partial charge in [-0.05, 0) is 37.7 Å². The van der Waals surface area contributed by atoms with E-state index in [0.717, 1.165) is 25.1 Å². The fourth-order valence-electron chi connectivity index (χ4n) is 2.43. The maximum absolute atomic E-state index is 9.10. The van der Waals surface area contributed by atoms with Crippen LogP contribution in [-0.4, -0.2) is 47.7 Å². The van der Waals surface area contributed by atoms with E-state index in [4.69, 9.17) is 24.5 Å². The molecule has 2 aromatic rings. The Kier molecular flexibility index (Phi) is 10.1. The predicted molar refractivity (Wildman–Crippen MR) is 109 cm³/mol. The van der Waals surface area contributed by atoms with Crippen LogP contribution in [-0.2, 0) is 16.0 Å². The smallest absolute Gasteiger partial charge is 0.414 e. The largest absolute Gasteiger partial charge is 0.485 e. The van der Waals surface area contributed by atoms with Crippen LogP contribution in [0.2, 0.25) is 0 Å². The van der Waals surface area contributed by atoms with Crippen molar-refractivity contribution in [3.8, 4) is 5.75 Å². The van der Waals surface area contributed by atoms with Crippen molar-refractivity contribution in [2.75, 3.05) is 20.6 Å². The van der Waals surface area contributed by atoms with E-state index in [0.29, 0.717) is 0 Å². The normalized spacial score (nSPS) is 11.1. The van der Waals surface area contributed by atoms with Gasteiger partial charge in [0, 0.05) is 13.0 Å². The fraction of sp³-hybridized carbons (Fsp3) is 0.273. The molecule has 0 heterocycles. The molecule has 2 rings (SSSR count). The molecule has 0 saturated carbocycles. The summed E-state index contributed by atoms with van der Waals surface area (Å²) in [6.07, 6.45) is 3.76. The van der Waals surface area contributed by atoms with Gasteiger partial charge in [0.15, 0.2) is 0 Å². The van der Waals surface area contributed by atoms with Crippen LogP contribution >= 0.6 is 0 Å². The zero-order valence-electron chi connectivity index (χ0n) is 16.2. The number of allylic oxidation sites excluding steroid dienone is 1. The summed E-state index contributed by atoms with van der Waals surface area (Å²) in [5.41, 5.74) is 2.40. The van der Waals surface area contributed by atoms with Crippen molar-refractivity contribution in [3.05, 3.63) is 78.4 Å². The van der Waals surface area contributed by atoms with Gasteiger partial charge < -0.3 is 19.8 Å².